The normalized spacial score (nSPS) is 15.3. The molecule has 0 aliphatic heterocycles. The number of amides is 1. The molecule has 0 radical (unpaired) electrons. The van der Waals surface area contributed by atoms with Gasteiger partial charge in [-0.25, -0.2) is 0 Å². The summed E-state index contributed by atoms with van der Waals surface area (Å²) < 4.78 is -1.51. The van der Waals surface area contributed by atoms with Gasteiger partial charge in [-0.2, -0.15) is 0 Å². The third kappa shape index (κ3) is 5.25. The van der Waals surface area contributed by atoms with Crippen LogP contribution < -0.4 is 10.2 Å². The first-order chi connectivity index (χ1) is 6.46. The largest absolute Gasteiger partial charge is 0.317 e. The molecule has 0 aliphatic carbocycles. The van der Waals surface area contributed by atoms with E-state index < -0.39 is 15.4 Å². The highest BCUT2D eigenvalue weighted by molar-refractivity contribution is 6.68. The summed E-state index contributed by atoms with van der Waals surface area (Å²) in [6, 6.07) is 0. The van der Waals surface area contributed by atoms with Gasteiger partial charge in [0.25, 0.3) is 3.79 Å². The van der Waals surface area contributed by atoms with Gasteiger partial charge in [0.15, 0.2) is 0 Å². The molecular weight excluding hydrogens is 258 g/mol. The van der Waals surface area contributed by atoms with E-state index in [1.54, 1.807) is 0 Å². The molecule has 0 saturated carbocycles. The van der Waals surface area contributed by atoms with E-state index in [2.05, 4.69) is 5.32 Å². The minimum atomic E-state index is -1.51. The molecule has 0 aromatic heterocycles. The van der Waals surface area contributed by atoms with E-state index in [-0.39, 0.29) is 5.91 Å². The van der Waals surface area contributed by atoms with Crippen molar-refractivity contribution in [3.8, 4) is 0 Å². The number of hydrogen-bond acceptors (Lipinski definition) is 1. The molecule has 0 aliphatic rings. The van der Waals surface area contributed by atoms with Crippen molar-refractivity contribution >= 4 is 40.7 Å². The van der Waals surface area contributed by atoms with Crippen LogP contribution in [-0.2, 0) is 4.79 Å². The number of hydrogen-bond donors (Lipinski definition) is 2. The van der Waals surface area contributed by atoms with Gasteiger partial charge in [-0.3, -0.25) is 4.79 Å². The lowest BCUT2D eigenvalue weighted by atomic mass is 9.95. The fraction of sp³-hybridized carbons (Fsp3) is 0.889. The van der Waals surface area contributed by atoms with Gasteiger partial charge < -0.3 is 10.2 Å². The van der Waals surface area contributed by atoms with Crippen molar-refractivity contribution in [2.45, 2.75) is 30.7 Å². The average Bonchev–Trinajstić information content (AvgIpc) is 1.94. The minimum Gasteiger partial charge on any atom is -0.317 e. The summed E-state index contributed by atoms with van der Waals surface area (Å²) in [7, 11) is 3.63. The summed E-state index contributed by atoms with van der Waals surface area (Å²) in [6.45, 7) is 5.42. The Balaban J connectivity index is 4.66. The van der Waals surface area contributed by atoms with Gasteiger partial charge in [-0.15, -0.1) is 0 Å². The zero-order chi connectivity index (χ0) is 12.4. The fourth-order valence-corrected chi connectivity index (χ4v) is 1.72. The first kappa shape index (κ1) is 15.3. The Hall–Kier alpha value is 0.300. The summed E-state index contributed by atoms with van der Waals surface area (Å²) in [4.78, 5) is 12.6. The molecule has 0 spiro atoms. The van der Waals surface area contributed by atoms with Gasteiger partial charge in [0, 0.05) is 5.41 Å². The third-order valence-corrected chi connectivity index (χ3v) is 2.52. The lowest BCUT2D eigenvalue weighted by molar-refractivity contribution is -0.887. The number of nitrogens with one attached hydrogen (secondary N) is 2. The quantitative estimate of drug-likeness (QED) is 0.572. The van der Waals surface area contributed by atoms with Crippen LogP contribution in [0.2, 0.25) is 0 Å². The number of quaternary nitrogens is 1. The van der Waals surface area contributed by atoms with Crippen molar-refractivity contribution in [2.24, 2.45) is 5.41 Å². The lowest BCUT2D eigenvalue weighted by Gasteiger charge is -2.30. The number of rotatable bonds is 2. The highest BCUT2D eigenvalue weighted by Crippen LogP contribution is 2.28. The molecule has 2 N–H and O–H groups in total. The van der Waals surface area contributed by atoms with Crippen LogP contribution in [0.25, 0.3) is 0 Å². The fourth-order valence-electron chi connectivity index (χ4n) is 0.901. The van der Waals surface area contributed by atoms with Gasteiger partial charge in [0.05, 0.1) is 14.1 Å². The summed E-state index contributed by atoms with van der Waals surface area (Å²) in [6.07, 6.45) is -0.561. The van der Waals surface area contributed by atoms with E-state index in [1.165, 1.54) is 0 Å². The monoisotopic (exact) mass is 275 g/mol. The lowest BCUT2D eigenvalue weighted by Crippen LogP contribution is -3.14. The molecule has 0 rings (SSSR count). The predicted octanol–water partition coefficient (Wildman–Crippen LogP) is 0.989. The summed E-state index contributed by atoms with van der Waals surface area (Å²) in [5, 5.41) is 2.72. The molecule has 3 nitrogen and oxygen atoms in total. The molecule has 0 bridgehead atoms. The molecule has 0 saturated heterocycles. The Morgan fingerprint density at radius 1 is 1.20 bits per heavy atom. The van der Waals surface area contributed by atoms with Gasteiger partial charge in [0.1, 0.15) is 0 Å². The van der Waals surface area contributed by atoms with Crippen molar-refractivity contribution in [2.75, 3.05) is 14.1 Å². The van der Waals surface area contributed by atoms with Crippen molar-refractivity contribution in [1.29, 1.82) is 0 Å². The smallest absolute Gasteiger partial charge is 0.262 e. The van der Waals surface area contributed by atoms with E-state index in [4.69, 9.17) is 34.8 Å². The average molecular weight is 277 g/mol. The highest BCUT2D eigenvalue weighted by atomic mass is 35.6. The molecule has 1 amide bonds. The summed E-state index contributed by atoms with van der Waals surface area (Å²) in [5.74, 6) is -0.139. The standard InChI is InChI=1S/C9H17Cl3N2O/c1-8(2,3)7(15)13-6(14(4)5)9(10,11)12/h6H,1-5H3,(H,13,15)/p+1/t6-/m0/s1. The molecule has 1 atom stereocenters. The second-order valence-corrected chi connectivity index (χ2v) is 7.14. The molecule has 0 aromatic rings. The van der Waals surface area contributed by atoms with Gasteiger partial charge in [-0.1, -0.05) is 55.6 Å². The highest BCUT2D eigenvalue weighted by Gasteiger charge is 2.40. The Labute approximate surface area is 106 Å². The summed E-state index contributed by atoms with van der Waals surface area (Å²) in [5.41, 5.74) is -0.496. The van der Waals surface area contributed by atoms with Crippen LogP contribution in [0.3, 0.4) is 0 Å². The van der Waals surface area contributed by atoms with Crippen molar-refractivity contribution < 1.29 is 9.69 Å². The first-order valence-corrected chi connectivity index (χ1v) is 5.77. The number of alkyl halides is 3. The molecule has 0 aromatic carbocycles. The van der Waals surface area contributed by atoms with E-state index >= 15 is 0 Å². The molecular formula is C9H18Cl3N2O+. The molecule has 0 unspecified atom stereocenters. The van der Waals surface area contributed by atoms with Crippen molar-refractivity contribution in [3.05, 3.63) is 0 Å². The second kappa shape index (κ2) is 5.09. The molecule has 15 heavy (non-hydrogen) atoms. The first-order valence-electron chi connectivity index (χ1n) is 4.64. The Morgan fingerprint density at radius 3 is 1.80 bits per heavy atom. The zero-order valence-electron chi connectivity index (χ0n) is 9.62. The Morgan fingerprint density at radius 2 is 1.60 bits per heavy atom. The molecule has 0 heterocycles. The molecule has 90 valence electrons. The van der Waals surface area contributed by atoms with Crippen LogP contribution in [0.5, 0.6) is 0 Å². The molecule has 0 fully saturated rings. The predicted molar refractivity (Wildman–Crippen MR) is 64.5 cm³/mol. The Kier molecular flexibility index (Phi) is 5.19. The van der Waals surface area contributed by atoms with Crippen molar-refractivity contribution in [3.63, 3.8) is 0 Å². The van der Waals surface area contributed by atoms with Crippen LogP contribution in [0.1, 0.15) is 20.8 Å². The second-order valence-electron chi connectivity index (χ2n) is 4.78. The van der Waals surface area contributed by atoms with Crippen LogP contribution in [0.15, 0.2) is 0 Å². The maximum absolute atomic E-state index is 11.7. The van der Waals surface area contributed by atoms with Gasteiger partial charge >= 0.3 is 0 Å². The van der Waals surface area contributed by atoms with E-state index in [1.807, 2.05) is 34.9 Å². The van der Waals surface area contributed by atoms with E-state index in [9.17, 15) is 4.79 Å². The number of carbonyl (C=O) groups excluding carboxylic acids is 1. The van der Waals surface area contributed by atoms with Crippen LogP contribution in [0.4, 0.5) is 0 Å². The topological polar surface area (TPSA) is 33.5 Å². The number of halogens is 3. The summed E-state index contributed by atoms with van der Waals surface area (Å²) >= 11 is 17.4. The Bertz CT molecular complexity index is 230. The number of carbonyl (C=O) groups is 1. The maximum atomic E-state index is 11.7. The zero-order valence-corrected chi connectivity index (χ0v) is 11.9. The van der Waals surface area contributed by atoms with Crippen molar-refractivity contribution in [1.82, 2.24) is 5.32 Å². The minimum absolute atomic E-state index is 0.139. The third-order valence-electron chi connectivity index (χ3n) is 1.86. The van der Waals surface area contributed by atoms with Crippen LogP contribution in [0, 0.1) is 5.41 Å². The van der Waals surface area contributed by atoms with Crippen LogP contribution in [-0.4, -0.2) is 30.0 Å². The van der Waals surface area contributed by atoms with Gasteiger partial charge in [-0.05, 0) is 0 Å². The van der Waals surface area contributed by atoms with E-state index in [0.717, 1.165) is 4.90 Å². The van der Waals surface area contributed by atoms with Gasteiger partial charge in [0.2, 0.25) is 12.1 Å². The maximum Gasteiger partial charge on any atom is 0.262 e. The van der Waals surface area contributed by atoms with E-state index in [0.29, 0.717) is 0 Å². The van der Waals surface area contributed by atoms with Crippen LogP contribution >= 0.6 is 34.8 Å². The molecule has 6 heteroatoms. The SMILES string of the molecule is C[NH+](C)[C@H](NC(=O)C(C)(C)C)C(Cl)(Cl)Cl.